The third-order valence-electron chi connectivity index (χ3n) is 5.23. The summed E-state index contributed by atoms with van der Waals surface area (Å²) in [6, 6.07) is 10.3. The van der Waals surface area contributed by atoms with Crippen molar-refractivity contribution < 1.29 is 9.90 Å². The first-order chi connectivity index (χ1) is 13.6. The maximum absolute atomic E-state index is 12.5. The summed E-state index contributed by atoms with van der Waals surface area (Å²) in [5.74, 6) is -0.751. The van der Waals surface area contributed by atoms with Gasteiger partial charge in [-0.05, 0) is 43.2 Å². The number of nitriles is 1. The number of aromatic carboxylic acids is 1. The molecule has 2 heterocycles. The second-order valence-corrected chi connectivity index (χ2v) is 6.96. The highest BCUT2D eigenvalue weighted by Crippen LogP contribution is 2.36. The molecule has 0 radical (unpaired) electrons. The van der Waals surface area contributed by atoms with Crippen LogP contribution in [0.2, 0.25) is 0 Å². The minimum Gasteiger partial charge on any atom is -0.478 e. The molecule has 1 aromatic carbocycles. The lowest BCUT2D eigenvalue weighted by Crippen LogP contribution is -2.23. The first kappa shape index (κ1) is 17.8. The largest absolute Gasteiger partial charge is 0.478 e. The van der Waals surface area contributed by atoms with E-state index in [9.17, 15) is 14.9 Å². The summed E-state index contributed by atoms with van der Waals surface area (Å²) in [7, 11) is 0. The van der Waals surface area contributed by atoms with Crippen LogP contribution >= 0.6 is 0 Å². The van der Waals surface area contributed by atoms with Crippen molar-refractivity contribution >= 4 is 28.4 Å². The molecule has 1 aliphatic carbocycles. The lowest BCUT2D eigenvalue weighted by molar-refractivity contribution is 0.0697. The topological polar surface area (TPSA) is 124 Å². The van der Waals surface area contributed by atoms with Crippen LogP contribution in [0.5, 0.6) is 0 Å². The summed E-state index contributed by atoms with van der Waals surface area (Å²) in [5, 5.41) is 26.8. The number of benzene rings is 1. The Labute approximate surface area is 160 Å². The fourth-order valence-corrected chi connectivity index (χ4v) is 3.83. The fourth-order valence-electron chi connectivity index (χ4n) is 3.83. The number of carboxylic acids is 1. The zero-order valence-corrected chi connectivity index (χ0v) is 15.1. The predicted octanol–water partition coefficient (Wildman–Crippen LogP) is 3.42. The monoisotopic (exact) mass is 377 g/mol. The van der Waals surface area contributed by atoms with Crippen molar-refractivity contribution in [3.05, 3.63) is 52.4 Å². The Balaban J connectivity index is 1.77. The highest BCUT2D eigenvalue weighted by Gasteiger charge is 2.29. The Bertz CT molecular complexity index is 1120. The van der Waals surface area contributed by atoms with Crippen LogP contribution in [0.4, 0.5) is 11.5 Å². The molecular formula is C20H19N5O3. The molecule has 0 aliphatic heterocycles. The summed E-state index contributed by atoms with van der Waals surface area (Å²) in [4.78, 5) is 26.2. The molecule has 8 heteroatoms. The lowest BCUT2D eigenvalue weighted by atomic mass is 9.85. The smallest absolute Gasteiger partial charge is 0.335 e. The van der Waals surface area contributed by atoms with Crippen molar-refractivity contribution in [2.75, 3.05) is 5.32 Å². The Morgan fingerprint density at radius 2 is 2.00 bits per heavy atom. The Morgan fingerprint density at radius 3 is 2.71 bits per heavy atom. The molecule has 1 aliphatic rings. The molecule has 3 aromatic rings. The molecule has 1 fully saturated rings. The standard InChI is InChI=1S/C20H19N5O3/c21-11-13-3-1-2-4-15(13)25-16-9-10-22-19(26)17(16)18(24-25)23-14-7-5-12(6-8-14)20(27)28/h5-10,13,15H,1-4H2,(H,22,26)(H,23,24)(H,27,28)/t13?,15-/m0/s1. The molecule has 1 saturated carbocycles. The molecule has 142 valence electrons. The van der Waals surface area contributed by atoms with Crippen molar-refractivity contribution in [3.63, 3.8) is 0 Å². The Kier molecular flexibility index (Phi) is 4.57. The minimum atomic E-state index is -1.00. The first-order valence-corrected chi connectivity index (χ1v) is 9.18. The predicted molar refractivity (Wildman–Crippen MR) is 104 cm³/mol. The van der Waals surface area contributed by atoms with Gasteiger partial charge in [0.25, 0.3) is 5.56 Å². The highest BCUT2D eigenvalue weighted by molar-refractivity contribution is 5.92. The molecule has 8 nitrogen and oxygen atoms in total. The summed E-state index contributed by atoms with van der Waals surface area (Å²) in [5.41, 5.74) is 1.22. The number of anilines is 2. The molecule has 4 rings (SSSR count). The maximum atomic E-state index is 12.5. The maximum Gasteiger partial charge on any atom is 0.335 e. The number of rotatable bonds is 4. The van der Waals surface area contributed by atoms with Crippen molar-refractivity contribution in [2.24, 2.45) is 5.92 Å². The zero-order chi connectivity index (χ0) is 19.7. The van der Waals surface area contributed by atoms with Crippen LogP contribution in [-0.2, 0) is 0 Å². The molecule has 2 aromatic heterocycles. The Hall–Kier alpha value is -3.60. The van der Waals surface area contributed by atoms with Gasteiger partial charge in [-0.3, -0.25) is 9.48 Å². The van der Waals surface area contributed by atoms with E-state index in [4.69, 9.17) is 5.11 Å². The number of fused-ring (bicyclic) bond motifs is 1. The average molecular weight is 377 g/mol. The number of carboxylic acid groups (broad SMARTS) is 1. The van der Waals surface area contributed by atoms with Gasteiger partial charge in [-0.25, -0.2) is 4.79 Å². The lowest BCUT2D eigenvalue weighted by Gasteiger charge is -2.27. The van der Waals surface area contributed by atoms with Crippen molar-refractivity contribution in [3.8, 4) is 6.07 Å². The number of nitrogens with zero attached hydrogens (tertiary/aromatic N) is 3. The molecular weight excluding hydrogens is 358 g/mol. The van der Waals surface area contributed by atoms with Crippen molar-refractivity contribution in [1.82, 2.24) is 14.8 Å². The molecule has 0 amide bonds. The summed E-state index contributed by atoms with van der Waals surface area (Å²) in [6.07, 6.45) is 5.29. The number of carbonyl (C=O) groups is 1. The SMILES string of the molecule is N#CC1CCCC[C@@H]1n1nc(Nc2ccc(C(=O)O)cc2)c2c(=O)[nH]ccc21. The summed E-state index contributed by atoms with van der Waals surface area (Å²) in [6.45, 7) is 0. The average Bonchev–Trinajstić information content (AvgIpc) is 3.08. The van der Waals surface area contributed by atoms with Crippen LogP contribution in [0.1, 0.15) is 42.1 Å². The van der Waals surface area contributed by atoms with E-state index in [1.165, 1.54) is 12.1 Å². The van der Waals surface area contributed by atoms with Gasteiger partial charge in [0.15, 0.2) is 5.82 Å². The number of pyridine rings is 1. The molecule has 2 atom stereocenters. The van der Waals surface area contributed by atoms with Gasteiger partial charge in [-0.2, -0.15) is 10.4 Å². The van der Waals surface area contributed by atoms with E-state index in [0.717, 1.165) is 25.7 Å². The van der Waals surface area contributed by atoms with Gasteiger partial charge in [0.1, 0.15) is 5.39 Å². The number of nitrogens with one attached hydrogen (secondary N) is 2. The Morgan fingerprint density at radius 1 is 1.25 bits per heavy atom. The van der Waals surface area contributed by atoms with E-state index in [2.05, 4.69) is 21.5 Å². The first-order valence-electron chi connectivity index (χ1n) is 9.18. The van der Waals surface area contributed by atoms with E-state index >= 15 is 0 Å². The van der Waals surface area contributed by atoms with Gasteiger partial charge >= 0.3 is 5.97 Å². The van der Waals surface area contributed by atoms with Crippen LogP contribution in [0.25, 0.3) is 10.9 Å². The minimum absolute atomic E-state index is 0.0759. The van der Waals surface area contributed by atoms with Gasteiger partial charge < -0.3 is 15.4 Å². The molecule has 28 heavy (non-hydrogen) atoms. The van der Waals surface area contributed by atoms with E-state index in [0.29, 0.717) is 22.4 Å². The summed E-state index contributed by atoms with van der Waals surface area (Å²) >= 11 is 0. The fraction of sp³-hybridized carbons (Fsp3) is 0.300. The number of aromatic amines is 1. The van der Waals surface area contributed by atoms with Gasteiger partial charge in [0.2, 0.25) is 0 Å². The molecule has 0 spiro atoms. The van der Waals surface area contributed by atoms with Crippen molar-refractivity contribution in [1.29, 1.82) is 5.26 Å². The number of hydrogen-bond acceptors (Lipinski definition) is 5. The van der Waals surface area contributed by atoms with E-state index in [1.807, 2.05) is 0 Å². The molecule has 3 N–H and O–H groups in total. The van der Waals surface area contributed by atoms with E-state index in [-0.39, 0.29) is 23.1 Å². The molecule has 0 saturated heterocycles. The third-order valence-corrected chi connectivity index (χ3v) is 5.23. The normalized spacial score (nSPS) is 19.2. The number of aromatic nitrogens is 3. The second kappa shape index (κ2) is 7.19. The highest BCUT2D eigenvalue weighted by atomic mass is 16.4. The number of hydrogen-bond donors (Lipinski definition) is 3. The third kappa shape index (κ3) is 3.11. The van der Waals surface area contributed by atoms with Crippen LogP contribution < -0.4 is 10.9 Å². The molecule has 0 bridgehead atoms. The van der Waals surface area contributed by atoms with Crippen LogP contribution in [0, 0.1) is 17.2 Å². The van der Waals surface area contributed by atoms with Gasteiger partial charge in [0.05, 0.1) is 29.1 Å². The molecule has 1 unspecified atom stereocenters. The van der Waals surface area contributed by atoms with Gasteiger partial charge in [-0.1, -0.05) is 12.8 Å². The zero-order valence-electron chi connectivity index (χ0n) is 15.1. The number of H-pyrrole nitrogens is 1. The van der Waals surface area contributed by atoms with E-state index < -0.39 is 5.97 Å². The second-order valence-electron chi connectivity index (χ2n) is 6.96. The van der Waals surface area contributed by atoms with Gasteiger partial charge in [-0.15, -0.1) is 0 Å². The van der Waals surface area contributed by atoms with Crippen molar-refractivity contribution in [2.45, 2.75) is 31.7 Å². The van der Waals surface area contributed by atoms with Crippen LogP contribution in [0.15, 0.2) is 41.3 Å². The summed E-state index contributed by atoms with van der Waals surface area (Å²) < 4.78 is 1.80. The van der Waals surface area contributed by atoms with Crippen LogP contribution in [0.3, 0.4) is 0 Å². The van der Waals surface area contributed by atoms with E-state index in [1.54, 1.807) is 29.1 Å². The quantitative estimate of drug-likeness (QED) is 0.640. The van der Waals surface area contributed by atoms with Gasteiger partial charge in [0, 0.05) is 11.9 Å². The van der Waals surface area contributed by atoms with Crippen LogP contribution in [-0.4, -0.2) is 25.8 Å².